The number of allylic oxidation sites excluding steroid dienone is 2. The van der Waals surface area contributed by atoms with Crippen LogP contribution >= 0.6 is 11.8 Å². The first-order valence-electron chi connectivity index (χ1n) is 9.61. The van der Waals surface area contributed by atoms with Gasteiger partial charge in [-0.1, -0.05) is 56.8 Å². The molecular weight excluding hydrogens is 365 g/mol. The maximum atomic E-state index is 13.3. The van der Waals surface area contributed by atoms with Gasteiger partial charge in [-0.25, -0.2) is 4.39 Å². The van der Waals surface area contributed by atoms with E-state index in [1.54, 1.807) is 11.8 Å². The van der Waals surface area contributed by atoms with E-state index in [-0.39, 0.29) is 5.82 Å². The van der Waals surface area contributed by atoms with Gasteiger partial charge in [0.25, 0.3) is 0 Å². The Morgan fingerprint density at radius 3 is 2.36 bits per heavy atom. The van der Waals surface area contributed by atoms with Gasteiger partial charge in [0, 0.05) is 22.4 Å². The third-order valence-corrected chi connectivity index (χ3v) is 6.24. The summed E-state index contributed by atoms with van der Waals surface area (Å²) in [5, 5.41) is 0. The SMILES string of the molecule is C=C1/C=C(/c2ccc(F)cc2)SC/C(C)=C\N=C1c1ccc(C(C)CC)cc1. The van der Waals surface area contributed by atoms with Crippen LogP contribution in [0.2, 0.25) is 0 Å². The Morgan fingerprint density at radius 2 is 1.71 bits per heavy atom. The van der Waals surface area contributed by atoms with Gasteiger partial charge >= 0.3 is 0 Å². The van der Waals surface area contributed by atoms with E-state index in [9.17, 15) is 4.39 Å². The van der Waals surface area contributed by atoms with Crippen LogP contribution in [0, 0.1) is 5.82 Å². The monoisotopic (exact) mass is 391 g/mol. The molecule has 0 bridgehead atoms. The smallest absolute Gasteiger partial charge is 0.123 e. The highest BCUT2D eigenvalue weighted by Crippen LogP contribution is 2.32. The molecule has 0 saturated heterocycles. The van der Waals surface area contributed by atoms with Gasteiger partial charge in [0.2, 0.25) is 0 Å². The zero-order valence-corrected chi connectivity index (χ0v) is 17.5. The van der Waals surface area contributed by atoms with Gasteiger partial charge in [0.1, 0.15) is 5.82 Å². The van der Waals surface area contributed by atoms with Gasteiger partial charge in [-0.2, -0.15) is 0 Å². The molecule has 1 heterocycles. The summed E-state index contributed by atoms with van der Waals surface area (Å²) in [7, 11) is 0. The van der Waals surface area contributed by atoms with Crippen molar-refractivity contribution in [1.29, 1.82) is 0 Å². The van der Waals surface area contributed by atoms with E-state index >= 15 is 0 Å². The summed E-state index contributed by atoms with van der Waals surface area (Å²) in [4.78, 5) is 5.82. The summed E-state index contributed by atoms with van der Waals surface area (Å²) in [6, 6.07) is 15.3. The van der Waals surface area contributed by atoms with Crippen molar-refractivity contribution in [1.82, 2.24) is 0 Å². The lowest BCUT2D eigenvalue weighted by molar-refractivity contribution is 0.627. The standard InChI is InChI=1S/C25H26FNS/c1-5-18(3)20-6-8-22(9-7-20)25-19(4)14-24(28-16-17(2)15-27-25)21-10-12-23(26)13-11-21/h6-15,18H,4-5,16H2,1-3H3/b17-15-,24-14-,27-25?. The van der Waals surface area contributed by atoms with E-state index in [1.165, 1.54) is 23.3 Å². The van der Waals surface area contributed by atoms with E-state index in [2.05, 4.69) is 57.7 Å². The zero-order valence-electron chi connectivity index (χ0n) is 16.7. The van der Waals surface area contributed by atoms with Crippen LogP contribution in [0.4, 0.5) is 4.39 Å². The van der Waals surface area contributed by atoms with Crippen molar-refractivity contribution < 1.29 is 4.39 Å². The Balaban J connectivity index is 1.98. The van der Waals surface area contributed by atoms with Gasteiger partial charge in [-0.15, -0.1) is 11.8 Å². The predicted octanol–water partition coefficient (Wildman–Crippen LogP) is 7.38. The first kappa shape index (κ1) is 20.3. The number of hydrogen-bond donors (Lipinski definition) is 0. The van der Waals surface area contributed by atoms with Gasteiger partial charge < -0.3 is 0 Å². The highest BCUT2D eigenvalue weighted by molar-refractivity contribution is 8.08. The Kier molecular flexibility index (Phi) is 6.69. The fourth-order valence-electron chi connectivity index (χ4n) is 3.00. The number of thioether (sulfide) groups is 1. The summed E-state index contributed by atoms with van der Waals surface area (Å²) in [6.07, 6.45) is 5.11. The number of aliphatic imine (C=N–C) groups is 1. The minimum atomic E-state index is -0.226. The molecule has 3 rings (SSSR count). The Morgan fingerprint density at radius 1 is 1.07 bits per heavy atom. The van der Waals surface area contributed by atoms with Crippen molar-refractivity contribution in [3.05, 3.63) is 101 Å². The topological polar surface area (TPSA) is 12.4 Å². The van der Waals surface area contributed by atoms with Crippen LogP contribution in [0.5, 0.6) is 0 Å². The van der Waals surface area contributed by atoms with Crippen LogP contribution < -0.4 is 0 Å². The second kappa shape index (κ2) is 9.20. The molecule has 0 amide bonds. The molecule has 1 nitrogen and oxygen atoms in total. The first-order valence-corrected chi connectivity index (χ1v) is 10.6. The van der Waals surface area contributed by atoms with Gasteiger partial charge in [0.15, 0.2) is 0 Å². The van der Waals surface area contributed by atoms with Crippen molar-refractivity contribution >= 4 is 22.4 Å². The molecule has 3 heteroatoms. The maximum Gasteiger partial charge on any atom is 0.123 e. The molecule has 1 aliphatic rings. The molecule has 2 aromatic carbocycles. The molecule has 1 unspecified atom stereocenters. The minimum Gasteiger partial charge on any atom is -0.256 e. The molecule has 0 saturated carbocycles. The predicted molar refractivity (Wildman–Crippen MR) is 121 cm³/mol. The van der Waals surface area contributed by atoms with Gasteiger partial charge in [0.05, 0.1) is 5.71 Å². The number of rotatable bonds is 4. The highest BCUT2D eigenvalue weighted by atomic mass is 32.2. The molecule has 0 aromatic heterocycles. The van der Waals surface area contributed by atoms with Crippen molar-refractivity contribution in [2.24, 2.45) is 4.99 Å². The summed E-state index contributed by atoms with van der Waals surface area (Å²) >= 11 is 1.72. The molecule has 0 N–H and O–H groups in total. The molecule has 1 aliphatic heterocycles. The normalized spacial score (nSPS) is 20.0. The van der Waals surface area contributed by atoms with Crippen LogP contribution in [-0.2, 0) is 0 Å². The molecule has 0 spiro atoms. The number of benzene rings is 2. The highest BCUT2D eigenvalue weighted by Gasteiger charge is 2.12. The molecule has 0 radical (unpaired) electrons. The molecule has 0 aliphatic carbocycles. The third kappa shape index (κ3) is 4.90. The Labute approximate surface area is 171 Å². The average molecular weight is 392 g/mol. The zero-order chi connectivity index (χ0) is 20.1. The quantitative estimate of drug-likeness (QED) is 0.530. The average Bonchev–Trinajstić information content (AvgIpc) is 2.78. The van der Waals surface area contributed by atoms with Crippen molar-refractivity contribution in [2.75, 3.05) is 5.75 Å². The van der Waals surface area contributed by atoms with Gasteiger partial charge in [-0.3, -0.25) is 4.99 Å². The van der Waals surface area contributed by atoms with Crippen LogP contribution in [0.3, 0.4) is 0 Å². The van der Waals surface area contributed by atoms with E-state index in [0.29, 0.717) is 5.92 Å². The van der Waals surface area contributed by atoms with Crippen LogP contribution in [0.15, 0.2) is 83.5 Å². The first-order chi connectivity index (χ1) is 13.5. The van der Waals surface area contributed by atoms with Crippen LogP contribution in [0.1, 0.15) is 49.8 Å². The molecular formula is C25H26FNS. The largest absolute Gasteiger partial charge is 0.256 e. The van der Waals surface area contributed by atoms with Crippen LogP contribution in [0.25, 0.3) is 4.91 Å². The summed E-state index contributed by atoms with van der Waals surface area (Å²) < 4.78 is 13.3. The fraction of sp³-hybridized carbons (Fsp3) is 0.240. The second-order valence-corrected chi connectivity index (χ2v) is 8.23. The van der Waals surface area contributed by atoms with Crippen molar-refractivity contribution in [2.45, 2.75) is 33.1 Å². The summed E-state index contributed by atoms with van der Waals surface area (Å²) in [5.74, 6) is 1.15. The number of hydrogen-bond acceptors (Lipinski definition) is 2. The van der Waals surface area contributed by atoms with E-state index in [0.717, 1.165) is 39.5 Å². The molecule has 0 fully saturated rings. The Hall–Kier alpha value is -2.39. The molecule has 1 atom stereocenters. The van der Waals surface area contributed by atoms with Crippen molar-refractivity contribution in [3.8, 4) is 0 Å². The van der Waals surface area contributed by atoms with Crippen LogP contribution in [-0.4, -0.2) is 11.5 Å². The van der Waals surface area contributed by atoms with E-state index in [1.807, 2.05) is 18.3 Å². The summed E-state index contributed by atoms with van der Waals surface area (Å²) in [6.45, 7) is 10.8. The maximum absolute atomic E-state index is 13.3. The lowest BCUT2D eigenvalue weighted by Gasteiger charge is -2.12. The lowest BCUT2D eigenvalue weighted by atomic mass is 9.95. The third-order valence-electron chi connectivity index (χ3n) is 4.97. The van der Waals surface area contributed by atoms with E-state index < -0.39 is 0 Å². The van der Waals surface area contributed by atoms with Gasteiger partial charge in [-0.05, 0) is 59.7 Å². The number of nitrogens with zero attached hydrogens (tertiary/aromatic N) is 1. The Bertz CT molecular complexity index is 934. The van der Waals surface area contributed by atoms with Crippen molar-refractivity contribution in [3.63, 3.8) is 0 Å². The molecule has 2 aromatic rings. The second-order valence-electron chi connectivity index (χ2n) is 7.21. The number of halogens is 1. The summed E-state index contributed by atoms with van der Waals surface area (Å²) in [5.41, 5.74) is 6.30. The minimum absolute atomic E-state index is 0.226. The lowest BCUT2D eigenvalue weighted by Crippen LogP contribution is -2.03. The van der Waals surface area contributed by atoms with E-state index in [4.69, 9.17) is 4.99 Å². The fourth-order valence-corrected chi connectivity index (χ4v) is 3.99. The molecule has 28 heavy (non-hydrogen) atoms. The molecule has 144 valence electrons.